The van der Waals surface area contributed by atoms with Gasteiger partial charge < -0.3 is 15.5 Å². The smallest absolute Gasteiger partial charge is 0.221 e. The number of phenolic OH excluding ortho intramolecular Hbond substituents is 1. The number of nitrogens with one attached hydrogen (secondary N) is 1. The van der Waals surface area contributed by atoms with Crippen LogP contribution in [-0.4, -0.2) is 22.7 Å². The first-order valence-electron chi connectivity index (χ1n) is 4.95. The summed E-state index contributed by atoms with van der Waals surface area (Å²) in [6.07, 6.45) is 1.16. The molecular weight excluding hydrogens is 274 g/mol. The molecule has 0 aliphatic rings. The Morgan fingerprint density at radius 1 is 1.50 bits per heavy atom. The molecule has 0 bridgehead atoms. The summed E-state index contributed by atoms with van der Waals surface area (Å²) in [4.78, 5) is 11.0. The number of hydrogen-bond acceptors (Lipinski definition) is 3. The summed E-state index contributed by atoms with van der Waals surface area (Å²) in [6, 6.07) is 3.23. The van der Waals surface area contributed by atoms with Gasteiger partial charge in [-0.05, 0) is 30.5 Å². The average Bonchev–Trinajstić information content (AvgIpc) is 2.22. The fraction of sp³-hybridized carbons (Fsp3) is 0.364. The minimum atomic E-state index is -0.237. The number of aromatic hydroxyl groups is 1. The maximum absolute atomic E-state index is 11.0. The topological polar surface area (TPSA) is 69.6 Å². The first-order chi connectivity index (χ1) is 7.56. The summed E-state index contributed by atoms with van der Waals surface area (Å²) in [5, 5.41) is 21.1. The van der Waals surface area contributed by atoms with Gasteiger partial charge in [0.05, 0.1) is 5.69 Å². The molecule has 0 aromatic heterocycles. The first kappa shape index (κ1) is 13.0. The zero-order chi connectivity index (χ0) is 12.1. The van der Waals surface area contributed by atoms with Gasteiger partial charge >= 0.3 is 0 Å². The number of halogens is 1. The lowest BCUT2D eigenvalue weighted by Crippen LogP contribution is -2.09. The number of anilines is 1. The van der Waals surface area contributed by atoms with Crippen LogP contribution >= 0.6 is 15.9 Å². The quantitative estimate of drug-likeness (QED) is 0.743. The molecule has 1 aromatic carbocycles. The maximum Gasteiger partial charge on any atom is 0.221 e. The van der Waals surface area contributed by atoms with Gasteiger partial charge in [-0.1, -0.05) is 15.9 Å². The van der Waals surface area contributed by atoms with Crippen molar-refractivity contribution in [3.63, 3.8) is 0 Å². The zero-order valence-corrected chi connectivity index (χ0v) is 10.5. The third kappa shape index (κ3) is 3.21. The molecule has 0 spiro atoms. The Morgan fingerprint density at radius 2 is 2.19 bits per heavy atom. The molecule has 1 rings (SSSR count). The number of carbonyl (C=O) groups is 1. The van der Waals surface area contributed by atoms with Gasteiger partial charge in [0.1, 0.15) is 5.75 Å². The summed E-state index contributed by atoms with van der Waals surface area (Å²) in [6.45, 7) is 1.46. The van der Waals surface area contributed by atoms with Crippen molar-refractivity contribution in [3.8, 4) is 5.75 Å². The van der Waals surface area contributed by atoms with Crippen LogP contribution in [0.25, 0.3) is 0 Å². The molecule has 3 N–H and O–H groups in total. The Balaban J connectivity index is 3.09. The number of carbonyl (C=O) groups excluding carboxylic acids is 1. The molecule has 0 atom stereocenters. The molecule has 0 saturated heterocycles. The maximum atomic E-state index is 11.0. The monoisotopic (exact) mass is 287 g/mol. The Kier molecular flexibility index (Phi) is 4.76. The molecule has 0 radical (unpaired) electrons. The van der Waals surface area contributed by atoms with Crippen molar-refractivity contribution < 1.29 is 15.0 Å². The Labute approximate surface area is 102 Å². The van der Waals surface area contributed by atoms with Crippen molar-refractivity contribution in [1.29, 1.82) is 0 Å². The summed E-state index contributed by atoms with van der Waals surface area (Å²) < 4.78 is 0.808. The van der Waals surface area contributed by atoms with Crippen LogP contribution in [0, 0.1) is 0 Å². The number of aliphatic hydroxyl groups excluding tert-OH is 1. The van der Waals surface area contributed by atoms with E-state index in [2.05, 4.69) is 21.2 Å². The summed E-state index contributed by atoms with van der Waals surface area (Å²) in [5.74, 6) is -0.204. The summed E-state index contributed by atoms with van der Waals surface area (Å²) in [7, 11) is 0. The van der Waals surface area contributed by atoms with Gasteiger partial charge in [-0.3, -0.25) is 4.79 Å². The van der Waals surface area contributed by atoms with Crippen molar-refractivity contribution in [2.45, 2.75) is 19.8 Å². The van der Waals surface area contributed by atoms with Crippen LogP contribution in [0.1, 0.15) is 18.9 Å². The second kappa shape index (κ2) is 5.86. The second-order valence-electron chi connectivity index (χ2n) is 3.43. The highest BCUT2D eigenvalue weighted by atomic mass is 79.9. The van der Waals surface area contributed by atoms with Crippen molar-refractivity contribution in [2.75, 3.05) is 11.9 Å². The van der Waals surface area contributed by atoms with Gasteiger partial charge in [0, 0.05) is 18.0 Å². The number of benzene rings is 1. The fourth-order valence-electron chi connectivity index (χ4n) is 1.43. The number of phenols is 1. The van der Waals surface area contributed by atoms with E-state index in [4.69, 9.17) is 5.11 Å². The number of rotatable bonds is 4. The molecule has 1 aromatic rings. The van der Waals surface area contributed by atoms with E-state index in [9.17, 15) is 9.90 Å². The van der Waals surface area contributed by atoms with E-state index in [1.54, 1.807) is 6.07 Å². The minimum Gasteiger partial charge on any atom is -0.506 e. The lowest BCUT2D eigenvalue weighted by molar-refractivity contribution is -0.114. The van der Waals surface area contributed by atoms with E-state index < -0.39 is 0 Å². The Morgan fingerprint density at radius 3 is 2.75 bits per heavy atom. The van der Waals surface area contributed by atoms with Gasteiger partial charge in [-0.15, -0.1) is 0 Å². The van der Waals surface area contributed by atoms with E-state index in [0.717, 1.165) is 10.0 Å². The SMILES string of the molecule is CC(=O)Nc1c(O)ccc(Br)c1CCCO. The van der Waals surface area contributed by atoms with Crippen LogP contribution in [-0.2, 0) is 11.2 Å². The zero-order valence-electron chi connectivity index (χ0n) is 8.96. The van der Waals surface area contributed by atoms with Gasteiger partial charge in [0.15, 0.2) is 0 Å². The highest BCUT2D eigenvalue weighted by molar-refractivity contribution is 9.10. The molecule has 0 heterocycles. The summed E-state index contributed by atoms with van der Waals surface area (Å²) in [5.41, 5.74) is 1.21. The van der Waals surface area contributed by atoms with Crippen LogP contribution < -0.4 is 5.32 Å². The van der Waals surface area contributed by atoms with Crippen molar-refractivity contribution in [2.24, 2.45) is 0 Å². The molecule has 5 heteroatoms. The van der Waals surface area contributed by atoms with Gasteiger partial charge in [-0.25, -0.2) is 0 Å². The number of amides is 1. The van der Waals surface area contributed by atoms with E-state index in [1.165, 1.54) is 13.0 Å². The third-order valence-electron chi connectivity index (χ3n) is 2.12. The molecule has 16 heavy (non-hydrogen) atoms. The van der Waals surface area contributed by atoms with Gasteiger partial charge in [-0.2, -0.15) is 0 Å². The molecular formula is C11H14BrNO3. The third-order valence-corrected chi connectivity index (χ3v) is 2.86. The van der Waals surface area contributed by atoms with E-state index in [1.807, 2.05) is 0 Å². The highest BCUT2D eigenvalue weighted by Gasteiger charge is 2.12. The molecule has 1 amide bonds. The lowest BCUT2D eigenvalue weighted by Gasteiger charge is -2.13. The Bertz CT molecular complexity index is 393. The van der Waals surface area contributed by atoms with Crippen LogP contribution in [0.15, 0.2) is 16.6 Å². The van der Waals surface area contributed by atoms with E-state index in [-0.39, 0.29) is 18.3 Å². The number of hydrogen-bond donors (Lipinski definition) is 3. The summed E-state index contributed by atoms with van der Waals surface area (Å²) >= 11 is 3.36. The molecule has 0 fully saturated rings. The highest BCUT2D eigenvalue weighted by Crippen LogP contribution is 2.34. The minimum absolute atomic E-state index is 0.0336. The van der Waals surface area contributed by atoms with Crippen molar-refractivity contribution in [1.82, 2.24) is 0 Å². The molecule has 0 saturated carbocycles. The largest absolute Gasteiger partial charge is 0.506 e. The molecule has 0 aliphatic heterocycles. The van der Waals surface area contributed by atoms with E-state index in [0.29, 0.717) is 18.5 Å². The Hall–Kier alpha value is -1.07. The van der Waals surface area contributed by atoms with E-state index >= 15 is 0 Å². The molecule has 0 aliphatic carbocycles. The molecule has 0 unspecified atom stereocenters. The number of aliphatic hydroxyl groups is 1. The standard InChI is InChI=1S/C11H14BrNO3/c1-7(15)13-11-8(3-2-6-14)9(12)4-5-10(11)16/h4-5,14,16H,2-3,6H2,1H3,(H,13,15). The van der Waals surface area contributed by atoms with Crippen LogP contribution in [0.2, 0.25) is 0 Å². The van der Waals surface area contributed by atoms with Crippen LogP contribution in [0.4, 0.5) is 5.69 Å². The van der Waals surface area contributed by atoms with Crippen molar-refractivity contribution in [3.05, 3.63) is 22.2 Å². The van der Waals surface area contributed by atoms with Gasteiger partial charge in [0.25, 0.3) is 0 Å². The average molecular weight is 288 g/mol. The van der Waals surface area contributed by atoms with Gasteiger partial charge in [0.2, 0.25) is 5.91 Å². The first-order valence-corrected chi connectivity index (χ1v) is 5.74. The predicted molar refractivity (Wildman–Crippen MR) is 65.5 cm³/mol. The predicted octanol–water partition coefficient (Wildman–Crippen LogP) is 2.04. The van der Waals surface area contributed by atoms with Crippen LogP contribution in [0.3, 0.4) is 0 Å². The molecule has 4 nitrogen and oxygen atoms in total. The lowest BCUT2D eigenvalue weighted by atomic mass is 10.1. The van der Waals surface area contributed by atoms with Crippen LogP contribution in [0.5, 0.6) is 5.75 Å². The molecule has 88 valence electrons. The van der Waals surface area contributed by atoms with Crippen molar-refractivity contribution >= 4 is 27.5 Å². The fourth-order valence-corrected chi connectivity index (χ4v) is 1.95. The normalized spacial score (nSPS) is 10.2. The second-order valence-corrected chi connectivity index (χ2v) is 4.28.